The van der Waals surface area contributed by atoms with Gasteiger partial charge >= 0.3 is 12.1 Å². The average Bonchev–Trinajstić information content (AvgIpc) is 3.19. The quantitative estimate of drug-likeness (QED) is 0.318. The Kier molecular flexibility index (Phi) is 6.78. The summed E-state index contributed by atoms with van der Waals surface area (Å²) in [5.74, 6) is -0.307. The number of hydrogen-bond donors (Lipinski definition) is 2. The van der Waals surface area contributed by atoms with Gasteiger partial charge < -0.3 is 14.3 Å². The third-order valence-corrected chi connectivity index (χ3v) is 5.54. The van der Waals surface area contributed by atoms with Crippen molar-refractivity contribution in [2.24, 2.45) is 0 Å². The second-order valence-electron chi connectivity index (χ2n) is 8.05. The molecule has 0 aliphatic carbocycles. The zero-order chi connectivity index (χ0) is 24.1. The predicted molar refractivity (Wildman–Crippen MR) is 131 cm³/mol. The van der Waals surface area contributed by atoms with E-state index < -0.39 is 18.2 Å². The van der Waals surface area contributed by atoms with E-state index in [9.17, 15) is 9.59 Å². The van der Waals surface area contributed by atoms with E-state index in [1.807, 2.05) is 92.7 Å². The molecular weight excluding hydrogens is 430 g/mol. The Morgan fingerprint density at radius 2 is 1.50 bits per heavy atom. The van der Waals surface area contributed by atoms with Crippen LogP contribution in [0.5, 0.6) is 0 Å². The first kappa shape index (κ1) is 22.9. The molecule has 0 aliphatic rings. The number of rotatable bonds is 7. The van der Waals surface area contributed by atoms with E-state index in [2.05, 4.69) is 5.32 Å². The SMILES string of the molecule is Cc1coc(-c2ccc(-c3ccc(CC(=O)O)cc3)cc2)c1NC(=O)OC(C)c1ccccc1. The number of nitrogens with one attached hydrogen (secondary N) is 1. The van der Waals surface area contributed by atoms with Crippen LogP contribution in [0.25, 0.3) is 22.5 Å². The van der Waals surface area contributed by atoms with Crippen molar-refractivity contribution >= 4 is 17.7 Å². The molecule has 1 unspecified atom stereocenters. The summed E-state index contributed by atoms with van der Waals surface area (Å²) < 4.78 is 11.3. The number of anilines is 1. The number of furan rings is 1. The van der Waals surface area contributed by atoms with Gasteiger partial charge in [0.25, 0.3) is 0 Å². The third kappa shape index (κ3) is 5.35. The molecule has 6 nitrogen and oxygen atoms in total. The minimum Gasteiger partial charge on any atom is -0.481 e. The predicted octanol–water partition coefficient (Wildman–Crippen LogP) is 6.86. The fourth-order valence-electron chi connectivity index (χ4n) is 3.70. The molecule has 172 valence electrons. The zero-order valence-electron chi connectivity index (χ0n) is 18.9. The summed E-state index contributed by atoms with van der Waals surface area (Å²) in [4.78, 5) is 23.4. The Balaban J connectivity index is 1.48. The summed E-state index contributed by atoms with van der Waals surface area (Å²) in [6.07, 6.45) is 0.651. The molecule has 1 amide bonds. The van der Waals surface area contributed by atoms with Crippen molar-refractivity contribution in [3.63, 3.8) is 0 Å². The molecule has 0 fully saturated rings. The number of carbonyl (C=O) groups excluding carboxylic acids is 1. The second-order valence-corrected chi connectivity index (χ2v) is 8.05. The normalized spacial score (nSPS) is 11.6. The van der Waals surface area contributed by atoms with E-state index >= 15 is 0 Å². The summed E-state index contributed by atoms with van der Waals surface area (Å²) in [6.45, 7) is 3.68. The lowest BCUT2D eigenvalue weighted by molar-refractivity contribution is -0.136. The molecule has 0 aliphatic heterocycles. The van der Waals surface area contributed by atoms with Crippen LogP contribution >= 0.6 is 0 Å². The standard InChI is InChI=1S/C28H25NO5/c1-18-17-33-27(26(18)29-28(32)34-19(2)21-6-4-3-5-7-21)24-14-12-23(13-15-24)22-10-8-20(9-11-22)16-25(30)31/h3-15,17,19H,16H2,1-2H3,(H,29,32)(H,30,31). The molecule has 6 heteroatoms. The highest BCUT2D eigenvalue weighted by atomic mass is 16.6. The molecule has 3 aromatic carbocycles. The maximum atomic E-state index is 12.6. The van der Waals surface area contributed by atoms with Crippen LogP contribution in [-0.4, -0.2) is 17.2 Å². The van der Waals surface area contributed by atoms with E-state index in [1.165, 1.54) is 0 Å². The molecule has 0 saturated carbocycles. The number of carboxylic acids is 1. The summed E-state index contributed by atoms with van der Waals surface area (Å²) in [6, 6.07) is 24.7. The number of aliphatic carboxylic acids is 1. The summed E-state index contributed by atoms with van der Waals surface area (Å²) >= 11 is 0. The number of ether oxygens (including phenoxy) is 1. The van der Waals surface area contributed by atoms with Crippen LogP contribution < -0.4 is 5.32 Å². The molecule has 0 spiro atoms. The van der Waals surface area contributed by atoms with Gasteiger partial charge in [0.2, 0.25) is 0 Å². The van der Waals surface area contributed by atoms with Crippen LogP contribution in [0, 0.1) is 6.92 Å². The van der Waals surface area contributed by atoms with Crippen molar-refractivity contribution < 1.29 is 23.8 Å². The fourth-order valence-corrected chi connectivity index (χ4v) is 3.70. The highest BCUT2D eigenvalue weighted by Gasteiger charge is 2.18. The van der Waals surface area contributed by atoms with E-state index in [1.54, 1.807) is 6.26 Å². The first-order valence-electron chi connectivity index (χ1n) is 10.9. The van der Waals surface area contributed by atoms with Gasteiger partial charge in [-0.25, -0.2) is 4.79 Å². The molecule has 34 heavy (non-hydrogen) atoms. The average molecular weight is 456 g/mol. The van der Waals surface area contributed by atoms with Gasteiger partial charge in [-0.1, -0.05) is 78.9 Å². The van der Waals surface area contributed by atoms with Crippen LogP contribution in [0.4, 0.5) is 10.5 Å². The minimum absolute atomic E-state index is 0.000595. The molecule has 1 atom stereocenters. The van der Waals surface area contributed by atoms with Crippen LogP contribution in [0.2, 0.25) is 0 Å². The van der Waals surface area contributed by atoms with Crippen molar-refractivity contribution in [2.45, 2.75) is 26.4 Å². The number of amides is 1. The van der Waals surface area contributed by atoms with Crippen molar-refractivity contribution in [3.8, 4) is 22.5 Å². The molecule has 0 saturated heterocycles. The van der Waals surface area contributed by atoms with Gasteiger partial charge in [0.15, 0.2) is 5.76 Å². The minimum atomic E-state index is -0.853. The molecule has 4 aromatic rings. The molecule has 0 radical (unpaired) electrons. The second kappa shape index (κ2) is 10.1. The zero-order valence-corrected chi connectivity index (χ0v) is 18.9. The van der Waals surface area contributed by atoms with Gasteiger partial charge in [-0.2, -0.15) is 0 Å². The van der Waals surface area contributed by atoms with Crippen molar-refractivity contribution in [2.75, 3.05) is 5.32 Å². The first-order valence-corrected chi connectivity index (χ1v) is 10.9. The number of hydrogen-bond acceptors (Lipinski definition) is 4. The van der Waals surface area contributed by atoms with Crippen molar-refractivity contribution in [3.05, 3.63) is 102 Å². The monoisotopic (exact) mass is 455 g/mol. The molecular formula is C28H25NO5. The van der Waals surface area contributed by atoms with E-state index in [4.69, 9.17) is 14.3 Å². The number of carbonyl (C=O) groups is 2. The molecule has 1 aromatic heterocycles. The highest BCUT2D eigenvalue weighted by Crippen LogP contribution is 2.34. The smallest absolute Gasteiger partial charge is 0.412 e. The Labute approximate surface area is 197 Å². The Morgan fingerprint density at radius 1 is 0.912 bits per heavy atom. The number of aryl methyl sites for hydroxylation is 1. The van der Waals surface area contributed by atoms with Crippen LogP contribution in [-0.2, 0) is 16.0 Å². The number of carboxylic acid groups (broad SMARTS) is 1. The lowest BCUT2D eigenvalue weighted by Crippen LogP contribution is -2.16. The lowest BCUT2D eigenvalue weighted by Gasteiger charge is -2.14. The van der Waals surface area contributed by atoms with E-state index in [0.717, 1.165) is 33.4 Å². The lowest BCUT2D eigenvalue weighted by atomic mass is 10.0. The van der Waals surface area contributed by atoms with Gasteiger partial charge in [-0.05, 0) is 36.1 Å². The van der Waals surface area contributed by atoms with Crippen molar-refractivity contribution in [1.29, 1.82) is 0 Å². The van der Waals surface area contributed by atoms with Crippen LogP contribution in [0.15, 0.2) is 89.5 Å². The van der Waals surface area contributed by atoms with Gasteiger partial charge in [0, 0.05) is 11.1 Å². The van der Waals surface area contributed by atoms with Gasteiger partial charge in [-0.3, -0.25) is 10.1 Å². The largest absolute Gasteiger partial charge is 0.481 e. The van der Waals surface area contributed by atoms with Gasteiger partial charge in [0.05, 0.1) is 18.4 Å². The van der Waals surface area contributed by atoms with E-state index in [0.29, 0.717) is 11.4 Å². The van der Waals surface area contributed by atoms with Crippen LogP contribution in [0.3, 0.4) is 0 Å². The first-order chi connectivity index (χ1) is 16.4. The molecule has 1 heterocycles. The number of benzene rings is 3. The topological polar surface area (TPSA) is 88.8 Å². The molecule has 0 bridgehead atoms. The highest BCUT2D eigenvalue weighted by molar-refractivity contribution is 5.91. The van der Waals surface area contributed by atoms with E-state index in [-0.39, 0.29) is 6.42 Å². The Hall–Kier alpha value is -4.32. The molecule has 2 N–H and O–H groups in total. The fraction of sp³-hybridized carbons (Fsp3) is 0.143. The summed E-state index contributed by atoms with van der Waals surface area (Å²) in [5, 5.41) is 11.7. The Bertz CT molecular complexity index is 1270. The van der Waals surface area contributed by atoms with Gasteiger partial charge in [-0.15, -0.1) is 0 Å². The van der Waals surface area contributed by atoms with Crippen LogP contribution in [0.1, 0.15) is 29.7 Å². The van der Waals surface area contributed by atoms with Gasteiger partial charge in [0.1, 0.15) is 6.10 Å². The summed E-state index contributed by atoms with van der Waals surface area (Å²) in [5.41, 5.74) is 5.79. The maximum Gasteiger partial charge on any atom is 0.412 e. The third-order valence-electron chi connectivity index (χ3n) is 5.54. The van der Waals surface area contributed by atoms with Crippen molar-refractivity contribution in [1.82, 2.24) is 0 Å². The maximum absolute atomic E-state index is 12.6. The Morgan fingerprint density at radius 3 is 2.12 bits per heavy atom. The summed E-state index contributed by atoms with van der Waals surface area (Å²) in [7, 11) is 0. The molecule has 4 rings (SSSR count).